The van der Waals surface area contributed by atoms with Gasteiger partial charge in [-0.1, -0.05) is 6.92 Å². The summed E-state index contributed by atoms with van der Waals surface area (Å²) < 4.78 is 5.09. The van der Waals surface area contributed by atoms with Gasteiger partial charge in [0, 0.05) is 13.7 Å². The monoisotopic (exact) mass is 185 g/mol. The van der Waals surface area contributed by atoms with Gasteiger partial charge in [0.25, 0.3) is 0 Å². The van der Waals surface area contributed by atoms with Gasteiger partial charge >= 0.3 is 0 Å². The van der Waals surface area contributed by atoms with E-state index < -0.39 is 0 Å². The number of piperidine rings is 1. The maximum absolute atomic E-state index is 5.09. The standard InChI is InChI=1S/C11H23NO/c1-10(5-8-13-2)9-11-3-6-12-7-4-11/h10-12H,3-9H2,1-2H3. The predicted molar refractivity (Wildman–Crippen MR) is 55.9 cm³/mol. The van der Waals surface area contributed by atoms with Crippen LogP contribution in [0, 0.1) is 11.8 Å². The Morgan fingerprint density at radius 3 is 2.69 bits per heavy atom. The van der Waals surface area contributed by atoms with Crippen molar-refractivity contribution in [3.05, 3.63) is 0 Å². The molecule has 0 amide bonds. The molecule has 78 valence electrons. The minimum absolute atomic E-state index is 0.836. The van der Waals surface area contributed by atoms with Gasteiger partial charge in [-0.05, 0) is 50.6 Å². The van der Waals surface area contributed by atoms with E-state index in [0.29, 0.717) is 0 Å². The van der Waals surface area contributed by atoms with Crippen molar-refractivity contribution in [3.8, 4) is 0 Å². The van der Waals surface area contributed by atoms with Crippen molar-refractivity contribution >= 4 is 0 Å². The Kier molecular flexibility index (Phi) is 5.40. The Labute approximate surface area is 82.0 Å². The summed E-state index contributed by atoms with van der Waals surface area (Å²) in [7, 11) is 1.79. The van der Waals surface area contributed by atoms with Crippen LogP contribution in [0.25, 0.3) is 0 Å². The Morgan fingerprint density at radius 1 is 1.38 bits per heavy atom. The molecule has 2 heteroatoms. The third kappa shape index (κ3) is 4.63. The third-order valence-electron chi connectivity index (χ3n) is 3.01. The van der Waals surface area contributed by atoms with Crippen molar-refractivity contribution in [1.82, 2.24) is 5.32 Å². The van der Waals surface area contributed by atoms with Crippen LogP contribution in [0.4, 0.5) is 0 Å². The second-order valence-electron chi connectivity index (χ2n) is 4.32. The van der Waals surface area contributed by atoms with Crippen LogP contribution in [-0.4, -0.2) is 26.8 Å². The first-order chi connectivity index (χ1) is 6.33. The predicted octanol–water partition coefficient (Wildman–Crippen LogP) is 2.05. The van der Waals surface area contributed by atoms with Crippen LogP contribution in [0.5, 0.6) is 0 Å². The molecule has 1 heterocycles. The normalized spacial score (nSPS) is 21.7. The van der Waals surface area contributed by atoms with Gasteiger partial charge in [0.1, 0.15) is 0 Å². The van der Waals surface area contributed by atoms with Crippen LogP contribution >= 0.6 is 0 Å². The van der Waals surface area contributed by atoms with Crippen LogP contribution in [0.2, 0.25) is 0 Å². The first-order valence-electron chi connectivity index (χ1n) is 5.52. The second-order valence-corrected chi connectivity index (χ2v) is 4.32. The van der Waals surface area contributed by atoms with Crippen LogP contribution in [-0.2, 0) is 4.74 Å². The first kappa shape index (κ1) is 11.0. The Bertz CT molecular complexity index is 121. The quantitative estimate of drug-likeness (QED) is 0.708. The SMILES string of the molecule is COCCC(C)CC1CCNCC1. The number of rotatable bonds is 5. The fraction of sp³-hybridized carbons (Fsp3) is 1.00. The molecule has 1 aliphatic heterocycles. The van der Waals surface area contributed by atoms with Crippen LogP contribution in [0.3, 0.4) is 0 Å². The number of hydrogen-bond acceptors (Lipinski definition) is 2. The van der Waals surface area contributed by atoms with Gasteiger partial charge in [-0.15, -0.1) is 0 Å². The summed E-state index contributed by atoms with van der Waals surface area (Å²) in [6, 6.07) is 0. The molecule has 1 saturated heterocycles. The zero-order valence-electron chi connectivity index (χ0n) is 9.01. The van der Waals surface area contributed by atoms with E-state index in [1.807, 2.05) is 0 Å². The third-order valence-corrected chi connectivity index (χ3v) is 3.01. The van der Waals surface area contributed by atoms with Gasteiger partial charge in [0.05, 0.1) is 0 Å². The van der Waals surface area contributed by atoms with Gasteiger partial charge in [0.15, 0.2) is 0 Å². The van der Waals surface area contributed by atoms with Crippen molar-refractivity contribution in [1.29, 1.82) is 0 Å². The summed E-state index contributed by atoms with van der Waals surface area (Å²) in [5.74, 6) is 1.80. The van der Waals surface area contributed by atoms with E-state index in [-0.39, 0.29) is 0 Å². The molecule has 0 radical (unpaired) electrons. The summed E-state index contributed by atoms with van der Waals surface area (Å²) >= 11 is 0. The van der Waals surface area contributed by atoms with Crippen molar-refractivity contribution in [3.63, 3.8) is 0 Å². The first-order valence-corrected chi connectivity index (χ1v) is 5.52. The highest BCUT2D eigenvalue weighted by molar-refractivity contribution is 4.70. The van der Waals surface area contributed by atoms with Gasteiger partial charge in [-0.2, -0.15) is 0 Å². The van der Waals surface area contributed by atoms with Crippen molar-refractivity contribution in [2.75, 3.05) is 26.8 Å². The molecule has 2 nitrogen and oxygen atoms in total. The molecule has 0 saturated carbocycles. The van der Waals surface area contributed by atoms with Crippen LogP contribution in [0.15, 0.2) is 0 Å². The summed E-state index contributed by atoms with van der Waals surface area (Å²) in [4.78, 5) is 0. The number of nitrogens with one attached hydrogen (secondary N) is 1. The molecule has 0 aliphatic carbocycles. The molecule has 1 fully saturated rings. The molecule has 1 rings (SSSR count). The summed E-state index contributed by atoms with van der Waals surface area (Å²) in [6.07, 6.45) is 5.36. The van der Waals surface area contributed by atoms with E-state index in [4.69, 9.17) is 4.74 Å². The van der Waals surface area contributed by atoms with E-state index in [9.17, 15) is 0 Å². The highest BCUT2D eigenvalue weighted by Gasteiger charge is 2.15. The summed E-state index contributed by atoms with van der Waals surface area (Å²) in [6.45, 7) is 5.72. The molecule has 0 spiro atoms. The Balaban J connectivity index is 2.07. The molecular weight excluding hydrogens is 162 g/mol. The van der Waals surface area contributed by atoms with Crippen LogP contribution in [0.1, 0.15) is 32.6 Å². The molecule has 1 aliphatic rings. The Hall–Kier alpha value is -0.0800. The molecule has 1 atom stereocenters. The molecular formula is C11H23NO. The average molecular weight is 185 g/mol. The topological polar surface area (TPSA) is 21.3 Å². The van der Waals surface area contributed by atoms with E-state index in [2.05, 4.69) is 12.2 Å². The van der Waals surface area contributed by atoms with E-state index in [0.717, 1.165) is 18.4 Å². The Morgan fingerprint density at radius 2 is 2.08 bits per heavy atom. The zero-order valence-corrected chi connectivity index (χ0v) is 9.01. The van der Waals surface area contributed by atoms with Crippen molar-refractivity contribution in [2.45, 2.75) is 32.6 Å². The van der Waals surface area contributed by atoms with Gasteiger partial charge in [-0.25, -0.2) is 0 Å². The van der Waals surface area contributed by atoms with Crippen molar-refractivity contribution in [2.24, 2.45) is 11.8 Å². The fourth-order valence-corrected chi connectivity index (χ4v) is 2.12. The highest BCUT2D eigenvalue weighted by atomic mass is 16.5. The van der Waals surface area contributed by atoms with E-state index in [1.54, 1.807) is 7.11 Å². The molecule has 0 aromatic heterocycles. The lowest BCUT2D eigenvalue weighted by Gasteiger charge is -2.25. The molecule has 13 heavy (non-hydrogen) atoms. The van der Waals surface area contributed by atoms with E-state index >= 15 is 0 Å². The zero-order chi connectivity index (χ0) is 9.52. The van der Waals surface area contributed by atoms with Gasteiger partial charge in [-0.3, -0.25) is 0 Å². The lowest BCUT2D eigenvalue weighted by molar-refractivity contribution is 0.170. The minimum atomic E-state index is 0.836. The molecule has 1 N–H and O–H groups in total. The fourth-order valence-electron chi connectivity index (χ4n) is 2.12. The van der Waals surface area contributed by atoms with E-state index in [1.165, 1.54) is 38.8 Å². The lowest BCUT2D eigenvalue weighted by atomic mass is 9.87. The maximum atomic E-state index is 5.09. The number of hydrogen-bond donors (Lipinski definition) is 1. The molecule has 0 aromatic carbocycles. The van der Waals surface area contributed by atoms with Crippen LogP contribution < -0.4 is 5.32 Å². The average Bonchev–Trinajstić information content (AvgIpc) is 2.16. The smallest absolute Gasteiger partial charge is 0.0464 e. The molecule has 1 unspecified atom stereocenters. The lowest BCUT2D eigenvalue weighted by Crippen LogP contribution is -2.28. The summed E-state index contributed by atoms with van der Waals surface area (Å²) in [5, 5.41) is 3.41. The second kappa shape index (κ2) is 6.39. The maximum Gasteiger partial charge on any atom is 0.0464 e. The van der Waals surface area contributed by atoms with Crippen molar-refractivity contribution < 1.29 is 4.74 Å². The minimum Gasteiger partial charge on any atom is -0.385 e. The summed E-state index contributed by atoms with van der Waals surface area (Å²) in [5.41, 5.74) is 0. The van der Waals surface area contributed by atoms with Gasteiger partial charge in [0.2, 0.25) is 0 Å². The highest BCUT2D eigenvalue weighted by Crippen LogP contribution is 2.22. The molecule has 0 aromatic rings. The number of ether oxygens (including phenoxy) is 1. The van der Waals surface area contributed by atoms with Gasteiger partial charge < -0.3 is 10.1 Å². The largest absolute Gasteiger partial charge is 0.385 e. The molecule has 0 bridgehead atoms. The number of methoxy groups -OCH3 is 1.